The minimum Gasteiger partial charge on any atom is -0.469 e. The summed E-state index contributed by atoms with van der Waals surface area (Å²) < 4.78 is 10.7. The van der Waals surface area contributed by atoms with Crippen LogP contribution in [0, 0.1) is 0 Å². The molecule has 1 aromatic heterocycles. The number of hydrogen-bond donors (Lipinski definition) is 3. The molecule has 1 aliphatic rings. The molecule has 3 N–H and O–H groups in total. The Labute approximate surface area is 152 Å². The molecule has 7 nitrogen and oxygen atoms in total. The summed E-state index contributed by atoms with van der Waals surface area (Å²) in [6.07, 6.45) is 4.63. The molecule has 0 bridgehead atoms. The maximum atomic E-state index is 11.9. The predicted octanol–water partition coefficient (Wildman–Crippen LogP) is 3.15. The number of nitrogens with one attached hydrogen (secondary N) is 3. The predicted molar refractivity (Wildman–Crippen MR) is 98.1 cm³/mol. The van der Waals surface area contributed by atoms with Crippen molar-refractivity contribution in [1.82, 2.24) is 5.32 Å². The average molecular weight is 357 g/mol. The van der Waals surface area contributed by atoms with E-state index in [0.717, 1.165) is 25.2 Å². The van der Waals surface area contributed by atoms with E-state index in [4.69, 9.17) is 9.15 Å². The topological polar surface area (TPSA) is 92.6 Å². The monoisotopic (exact) mass is 357 g/mol. The summed E-state index contributed by atoms with van der Waals surface area (Å²) in [5, 5.41) is 8.38. The van der Waals surface area contributed by atoms with Crippen molar-refractivity contribution in [3.63, 3.8) is 0 Å². The molecule has 3 rings (SSSR count). The van der Waals surface area contributed by atoms with E-state index in [1.165, 1.54) is 0 Å². The molecule has 26 heavy (non-hydrogen) atoms. The minimum atomic E-state index is -0.268. The van der Waals surface area contributed by atoms with Gasteiger partial charge < -0.3 is 25.1 Å². The lowest BCUT2D eigenvalue weighted by atomic mass is 10.2. The first-order valence-corrected chi connectivity index (χ1v) is 8.78. The van der Waals surface area contributed by atoms with Crippen molar-refractivity contribution in [3.05, 3.63) is 48.4 Å². The lowest BCUT2D eigenvalue weighted by Gasteiger charge is -2.12. The first-order chi connectivity index (χ1) is 12.7. The summed E-state index contributed by atoms with van der Waals surface area (Å²) in [4.78, 5) is 23.8. The fourth-order valence-electron chi connectivity index (χ4n) is 2.74. The SMILES string of the molecule is O=C(CCc1ccco1)Nc1ccc(NC(=O)NCC2CCCO2)cc1. The van der Waals surface area contributed by atoms with Gasteiger partial charge in [-0.25, -0.2) is 4.79 Å². The van der Waals surface area contributed by atoms with Gasteiger partial charge in [-0.15, -0.1) is 0 Å². The summed E-state index contributed by atoms with van der Waals surface area (Å²) in [7, 11) is 0. The van der Waals surface area contributed by atoms with E-state index in [1.54, 1.807) is 36.6 Å². The number of urea groups is 1. The molecule has 1 atom stereocenters. The van der Waals surface area contributed by atoms with Crippen LogP contribution in [0.4, 0.5) is 16.2 Å². The molecular formula is C19H23N3O4. The number of amides is 3. The molecule has 0 radical (unpaired) electrons. The van der Waals surface area contributed by atoms with E-state index in [9.17, 15) is 9.59 Å². The highest BCUT2D eigenvalue weighted by atomic mass is 16.5. The first-order valence-electron chi connectivity index (χ1n) is 8.78. The molecule has 0 saturated carbocycles. The fraction of sp³-hybridized carbons (Fsp3) is 0.368. The van der Waals surface area contributed by atoms with Gasteiger partial charge in [-0.3, -0.25) is 4.79 Å². The van der Waals surface area contributed by atoms with Crippen LogP contribution in [-0.2, 0) is 16.0 Å². The molecule has 1 aromatic carbocycles. The van der Waals surface area contributed by atoms with Crippen molar-refractivity contribution in [2.24, 2.45) is 0 Å². The van der Waals surface area contributed by atoms with Crippen molar-refractivity contribution in [1.29, 1.82) is 0 Å². The van der Waals surface area contributed by atoms with Gasteiger partial charge in [0.25, 0.3) is 0 Å². The second kappa shape index (κ2) is 9.05. The minimum absolute atomic E-state index is 0.0867. The van der Waals surface area contributed by atoms with Crippen molar-refractivity contribution in [3.8, 4) is 0 Å². The molecule has 0 aliphatic carbocycles. The highest BCUT2D eigenvalue weighted by molar-refractivity contribution is 5.92. The highest BCUT2D eigenvalue weighted by Gasteiger charge is 2.16. The van der Waals surface area contributed by atoms with E-state index in [-0.39, 0.29) is 18.0 Å². The van der Waals surface area contributed by atoms with Gasteiger partial charge in [0, 0.05) is 37.4 Å². The van der Waals surface area contributed by atoms with Crippen LogP contribution in [0.1, 0.15) is 25.0 Å². The van der Waals surface area contributed by atoms with Crippen molar-refractivity contribution in [2.45, 2.75) is 31.8 Å². The number of carbonyl (C=O) groups excluding carboxylic acids is 2. The zero-order chi connectivity index (χ0) is 18.2. The number of ether oxygens (including phenoxy) is 1. The lowest BCUT2D eigenvalue weighted by Crippen LogP contribution is -2.35. The number of furan rings is 1. The quantitative estimate of drug-likeness (QED) is 0.710. The molecule has 1 fully saturated rings. The first kappa shape index (κ1) is 18.0. The molecule has 2 aromatic rings. The van der Waals surface area contributed by atoms with Gasteiger partial charge in [0.2, 0.25) is 5.91 Å². The number of aryl methyl sites for hydroxylation is 1. The molecule has 7 heteroatoms. The maximum Gasteiger partial charge on any atom is 0.319 e. The number of carbonyl (C=O) groups is 2. The Morgan fingerprint density at radius 3 is 2.50 bits per heavy atom. The van der Waals surface area contributed by atoms with E-state index < -0.39 is 0 Å². The van der Waals surface area contributed by atoms with Gasteiger partial charge in [-0.05, 0) is 49.2 Å². The Bertz CT molecular complexity index is 707. The van der Waals surface area contributed by atoms with Gasteiger partial charge in [0.15, 0.2) is 0 Å². The summed E-state index contributed by atoms with van der Waals surface area (Å²) >= 11 is 0. The molecule has 0 spiro atoms. The van der Waals surface area contributed by atoms with Gasteiger partial charge >= 0.3 is 6.03 Å². The zero-order valence-electron chi connectivity index (χ0n) is 14.5. The Morgan fingerprint density at radius 1 is 1.08 bits per heavy atom. The zero-order valence-corrected chi connectivity index (χ0v) is 14.5. The maximum absolute atomic E-state index is 11.9. The van der Waals surface area contributed by atoms with E-state index >= 15 is 0 Å². The summed E-state index contributed by atoms with van der Waals surface area (Å²) in [6, 6.07) is 10.4. The second-order valence-electron chi connectivity index (χ2n) is 6.17. The fourth-order valence-corrected chi connectivity index (χ4v) is 2.74. The van der Waals surface area contributed by atoms with Crippen molar-refractivity contribution in [2.75, 3.05) is 23.8 Å². The van der Waals surface area contributed by atoms with Crippen molar-refractivity contribution < 1.29 is 18.7 Å². The highest BCUT2D eigenvalue weighted by Crippen LogP contribution is 2.15. The Kier molecular flexibility index (Phi) is 6.27. The Balaban J connectivity index is 1.39. The smallest absolute Gasteiger partial charge is 0.319 e. The van der Waals surface area contributed by atoms with Crippen molar-refractivity contribution >= 4 is 23.3 Å². The molecule has 2 heterocycles. The number of benzene rings is 1. The van der Waals surface area contributed by atoms with E-state index in [1.807, 2.05) is 6.07 Å². The van der Waals surface area contributed by atoms with Gasteiger partial charge in [0.05, 0.1) is 12.4 Å². The van der Waals surface area contributed by atoms with E-state index in [0.29, 0.717) is 30.8 Å². The van der Waals surface area contributed by atoms with Crippen LogP contribution in [0.25, 0.3) is 0 Å². The molecule has 138 valence electrons. The van der Waals surface area contributed by atoms with Gasteiger partial charge in [0.1, 0.15) is 5.76 Å². The van der Waals surface area contributed by atoms with Crippen LogP contribution < -0.4 is 16.0 Å². The molecular weight excluding hydrogens is 334 g/mol. The summed E-state index contributed by atoms with van der Waals surface area (Å²) in [5.41, 5.74) is 1.34. The van der Waals surface area contributed by atoms with Crippen LogP contribution in [0.3, 0.4) is 0 Å². The van der Waals surface area contributed by atoms with Crippen LogP contribution in [-0.4, -0.2) is 31.2 Å². The third-order valence-corrected chi connectivity index (χ3v) is 4.12. The number of anilines is 2. The Hall–Kier alpha value is -2.80. The van der Waals surface area contributed by atoms with Crippen LogP contribution >= 0.6 is 0 Å². The van der Waals surface area contributed by atoms with E-state index in [2.05, 4.69) is 16.0 Å². The summed E-state index contributed by atoms with van der Waals surface area (Å²) in [5.74, 6) is 0.699. The third kappa shape index (κ3) is 5.63. The molecule has 3 amide bonds. The Morgan fingerprint density at radius 2 is 1.85 bits per heavy atom. The average Bonchev–Trinajstić information content (AvgIpc) is 3.34. The molecule has 1 saturated heterocycles. The summed E-state index contributed by atoms with van der Waals surface area (Å²) in [6.45, 7) is 1.28. The van der Waals surface area contributed by atoms with Crippen LogP contribution in [0.2, 0.25) is 0 Å². The van der Waals surface area contributed by atoms with Crippen LogP contribution in [0.15, 0.2) is 47.1 Å². The standard InChI is InChI=1S/C19H23N3O4/c23-18(10-9-16-3-1-11-25-16)21-14-5-7-15(8-6-14)22-19(24)20-13-17-4-2-12-26-17/h1,3,5-8,11,17H,2,4,9-10,12-13H2,(H,21,23)(H2,20,22,24). The lowest BCUT2D eigenvalue weighted by molar-refractivity contribution is -0.116. The normalized spacial score (nSPS) is 16.2. The third-order valence-electron chi connectivity index (χ3n) is 4.12. The molecule has 1 unspecified atom stereocenters. The van der Waals surface area contributed by atoms with Gasteiger partial charge in [-0.2, -0.15) is 0 Å². The van der Waals surface area contributed by atoms with Crippen LogP contribution in [0.5, 0.6) is 0 Å². The van der Waals surface area contributed by atoms with Gasteiger partial charge in [-0.1, -0.05) is 0 Å². The number of rotatable bonds is 7. The molecule has 1 aliphatic heterocycles. The number of hydrogen-bond acceptors (Lipinski definition) is 4. The second-order valence-corrected chi connectivity index (χ2v) is 6.17. The largest absolute Gasteiger partial charge is 0.469 e.